The third-order valence-electron chi connectivity index (χ3n) is 3.23. The normalized spacial score (nSPS) is 10.6. The summed E-state index contributed by atoms with van der Waals surface area (Å²) in [7, 11) is 0. The highest BCUT2D eigenvalue weighted by Crippen LogP contribution is 2.27. The topological polar surface area (TPSA) is 35.5 Å². The minimum Gasteiger partial charge on any atom is -0.488 e. The Bertz CT molecular complexity index is 733. The van der Waals surface area contributed by atoms with E-state index in [9.17, 15) is 4.79 Å². The van der Waals surface area contributed by atoms with Crippen molar-refractivity contribution in [3.8, 4) is 5.75 Å². The molecule has 24 heavy (non-hydrogen) atoms. The van der Waals surface area contributed by atoms with Gasteiger partial charge in [-0.25, -0.2) is 4.79 Å². The van der Waals surface area contributed by atoms with Gasteiger partial charge in [0.2, 0.25) is 0 Å². The fourth-order valence-electron chi connectivity index (χ4n) is 1.94. The molecule has 0 spiro atoms. The van der Waals surface area contributed by atoms with Crippen molar-refractivity contribution < 1.29 is 14.3 Å². The van der Waals surface area contributed by atoms with Crippen molar-refractivity contribution in [2.45, 2.75) is 13.5 Å². The van der Waals surface area contributed by atoms with Crippen molar-refractivity contribution >= 4 is 28.0 Å². The molecule has 2 rings (SSSR count). The van der Waals surface area contributed by atoms with Gasteiger partial charge in [0.1, 0.15) is 19.0 Å². The molecule has 0 aliphatic carbocycles. The highest BCUT2D eigenvalue weighted by Gasteiger charge is 2.03. The molecule has 0 heterocycles. The molecule has 0 unspecified atom stereocenters. The van der Waals surface area contributed by atoms with Crippen LogP contribution >= 0.6 is 15.9 Å². The van der Waals surface area contributed by atoms with Gasteiger partial charge in [0.25, 0.3) is 0 Å². The lowest BCUT2D eigenvalue weighted by atomic mass is 10.1. The third kappa shape index (κ3) is 5.70. The van der Waals surface area contributed by atoms with Crippen LogP contribution in [0.2, 0.25) is 0 Å². The molecular weight excluding hydrogens is 368 g/mol. The summed E-state index contributed by atoms with van der Waals surface area (Å²) in [6.07, 6.45) is 4.61. The van der Waals surface area contributed by atoms with E-state index in [4.69, 9.17) is 9.47 Å². The molecule has 0 atom stereocenters. The number of halogens is 1. The van der Waals surface area contributed by atoms with E-state index in [1.54, 1.807) is 6.08 Å². The van der Waals surface area contributed by atoms with Crippen LogP contribution in [-0.2, 0) is 16.1 Å². The molecule has 0 fully saturated rings. The molecule has 0 bridgehead atoms. The third-order valence-corrected chi connectivity index (χ3v) is 3.85. The van der Waals surface area contributed by atoms with E-state index in [-0.39, 0.29) is 6.61 Å². The molecular formula is C20H19BrO3. The maximum absolute atomic E-state index is 11.4. The largest absolute Gasteiger partial charge is 0.488 e. The number of hydrogen-bond donors (Lipinski definition) is 0. The number of carbonyl (C=O) groups excluding carboxylic acids is 1. The Hall–Kier alpha value is -2.33. The molecule has 0 saturated heterocycles. The Morgan fingerprint density at radius 3 is 2.62 bits per heavy atom. The van der Waals surface area contributed by atoms with Crippen LogP contribution in [0, 0.1) is 6.92 Å². The molecule has 0 aliphatic heterocycles. The second kappa shape index (κ2) is 9.08. The average Bonchev–Trinajstić information content (AvgIpc) is 2.58. The van der Waals surface area contributed by atoms with Crippen molar-refractivity contribution in [3.05, 3.63) is 82.4 Å². The van der Waals surface area contributed by atoms with Gasteiger partial charge in [0, 0.05) is 6.08 Å². The first kappa shape index (κ1) is 18.0. The number of ether oxygens (including phenoxy) is 2. The second-order valence-electron chi connectivity index (χ2n) is 5.22. The van der Waals surface area contributed by atoms with Gasteiger partial charge in [-0.3, -0.25) is 0 Å². The maximum atomic E-state index is 11.4. The minimum absolute atomic E-state index is 0.207. The highest BCUT2D eigenvalue weighted by molar-refractivity contribution is 9.10. The van der Waals surface area contributed by atoms with E-state index in [0.29, 0.717) is 6.61 Å². The summed E-state index contributed by atoms with van der Waals surface area (Å²) in [5.74, 6) is 0.354. The first-order chi connectivity index (χ1) is 11.6. The summed E-state index contributed by atoms with van der Waals surface area (Å²) in [6.45, 7) is 6.26. The van der Waals surface area contributed by atoms with Gasteiger partial charge in [0.15, 0.2) is 0 Å². The van der Waals surface area contributed by atoms with Gasteiger partial charge >= 0.3 is 5.97 Å². The number of esters is 1. The predicted octanol–water partition coefficient (Wildman–Crippen LogP) is 5.08. The van der Waals surface area contributed by atoms with E-state index in [2.05, 4.69) is 53.7 Å². The summed E-state index contributed by atoms with van der Waals surface area (Å²) >= 11 is 3.49. The van der Waals surface area contributed by atoms with Crippen molar-refractivity contribution in [3.63, 3.8) is 0 Å². The standard InChI is InChI=1S/C20H19BrO3/c1-3-12-23-20(22)11-9-16-8-10-19(18(21)13-16)24-14-17-6-4-15(2)5-7-17/h3-11,13H,1,12,14H2,2H3/b11-9+. The van der Waals surface area contributed by atoms with Crippen LogP contribution in [0.3, 0.4) is 0 Å². The van der Waals surface area contributed by atoms with E-state index in [0.717, 1.165) is 21.3 Å². The van der Waals surface area contributed by atoms with Crippen LogP contribution in [-0.4, -0.2) is 12.6 Å². The van der Waals surface area contributed by atoms with Crippen molar-refractivity contribution in [1.29, 1.82) is 0 Å². The zero-order valence-electron chi connectivity index (χ0n) is 13.5. The van der Waals surface area contributed by atoms with Gasteiger partial charge < -0.3 is 9.47 Å². The Morgan fingerprint density at radius 2 is 1.96 bits per heavy atom. The molecule has 0 amide bonds. The summed E-state index contributed by atoms with van der Waals surface area (Å²) in [6, 6.07) is 13.9. The predicted molar refractivity (Wildman–Crippen MR) is 99.8 cm³/mol. The van der Waals surface area contributed by atoms with Crippen molar-refractivity contribution in [1.82, 2.24) is 0 Å². The number of rotatable bonds is 7. The zero-order chi connectivity index (χ0) is 17.4. The second-order valence-corrected chi connectivity index (χ2v) is 6.07. The SMILES string of the molecule is C=CCOC(=O)/C=C/c1ccc(OCc2ccc(C)cc2)c(Br)c1. The lowest BCUT2D eigenvalue weighted by Gasteiger charge is -2.09. The van der Waals surface area contributed by atoms with Gasteiger partial charge in [0.05, 0.1) is 4.47 Å². The number of benzene rings is 2. The molecule has 124 valence electrons. The Labute approximate surface area is 150 Å². The smallest absolute Gasteiger partial charge is 0.331 e. The quantitative estimate of drug-likeness (QED) is 0.378. The maximum Gasteiger partial charge on any atom is 0.331 e. The van der Waals surface area contributed by atoms with Crippen LogP contribution in [0.5, 0.6) is 5.75 Å². The zero-order valence-corrected chi connectivity index (χ0v) is 15.1. The molecule has 4 heteroatoms. The van der Waals surface area contributed by atoms with E-state index < -0.39 is 5.97 Å². The molecule has 0 aliphatic rings. The average molecular weight is 387 g/mol. The summed E-state index contributed by atoms with van der Waals surface area (Å²) in [4.78, 5) is 11.4. The first-order valence-electron chi connectivity index (χ1n) is 7.52. The van der Waals surface area contributed by atoms with Gasteiger partial charge in [-0.05, 0) is 52.2 Å². The number of hydrogen-bond acceptors (Lipinski definition) is 3. The van der Waals surface area contributed by atoms with Crippen molar-refractivity contribution in [2.24, 2.45) is 0 Å². The van der Waals surface area contributed by atoms with Crippen LogP contribution in [0.4, 0.5) is 0 Å². The fraction of sp³-hybridized carbons (Fsp3) is 0.150. The Balaban J connectivity index is 1.96. The summed E-state index contributed by atoms with van der Waals surface area (Å²) < 4.78 is 11.5. The van der Waals surface area contributed by atoms with E-state index in [1.807, 2.05) is 18.2 Å². The van der Waals surface area contributed by atoms with Gasteiger partial charge in [-0.15, -0.1) is 0 Å². The van der Waals surface area contributed by atoms with Crippen LogP contribution in [0.1, 0.15) is 16.7 Å². The van der Waals surface area contributed by atoms with Crippen LogP contribution < -0.4 is 4.74 Å². The van der Waals surface area contributed by atoms with Crippen molar-refractivity contribution in [2.75, 3.05) is 6.61 Å². The Kier molecular flexibility index (Phi) is 6.82. The summed E-state index contributed by atoms with van der Waals surface area (Å²) in [5.41, 5.74) is 3.21. The van der Waals surface area contributed by atoms with Crippen LogP contribution in [0.15, 0.2) is 65.7 Å². The molecule has 0 saturated carbocycles. The van der Waals surface area contributed by atoms with E-state index >= 15 is 0 Å². The lowest BCUT2D eigenvalue weighted by Crippen LogP contribution is -1.99. The van der Waals surface area contributed by atoms with Crippen LogP contribution in [0.25, 0.3) is 6.08 Å². The minimum atomic E-state index is -0.397. The number of carbonyl (C=O) groups is 1. The fourth-order valence-corrected chi connectivity index (χ4v) is 2.45. The molecule has 2 aromatic carbocycles. The van der Waals surface area contributed by atoms with Gasteiger partial charge in [-0.1, -0.05) is 48.6 Å². The Morgan fingerprint density at radius 1 is 1.21 bits per heavy atom. The first-order valence-corrected chi connectivity index (χ1v) is 8.31. The van der Waals surface area contributed by atoms with Gasteiger partial charge in [-0.2, -0.15) is 0 Å². The monoisotopic (exact) mass is 386 g/mol. The molecule has 0 aromatic heterocycles. The lowest BCUT2D eigenvalue weighted by molar-refractivity contribution is -0.136. The van der Waals surface area contributed by atoms with E-state index in [1.165, 1.54) is 17.7 Å². The molecule has 3 nitrogen and oxygen atoms in total. The molecule has 0 N–H and O–H groups in total. The highest BCUT2D eigenvalue weighted by atomic mass is 79.9. The molecule has 2 aromatic rings. The molecule has 0 radical (unpaired) electrons. The summed E-state index contributed by atoms with van der Waals surface area (Å²) in [5, 5.41) is 0. The number of aryl methyl sites for hydroxylation is 1.